The number of piperidine rings is 1. The Morgan fingerprint density at radius 1 is 0.833 bits per heavy atom. The minimum atomic E-state index is -0.382. The maximum Gasteiger partial charge on any atom is 0.253 e. The summed E-state index contributed by atoms with van der Waals surface area (Å²) in [5.41, 5.74) is 2.26. The molecular weight excluding hydrogens is 379 g/mol. The van der Waals surface area contributed by atoms with Crippen molar-refractivity contribution in [2.45, 2.75) is 12.3 Å². The van der Waals surface area contributed by atoms with Crippen molar-refractivity contribution in [1.82, 2.24) is 4.90 Å². The van der Waals surface area contributed by atoms with Crippen LogP contribution in [0.3, 0.4) is 0 Å². The quantitative estimate of drug-likeness (QED) is 0.687. The molecule has 2 unspecified atom stereocenters. The normalized spacial score (nSPS) is 18.6. The van der Waals surface area contributed by atoms with Crippen molar-refractivity contribution >= 4 is 17.5 Å². The fraction of sp³-hybridized carbons (Fsp3) is 0.200. The van der Waals surface area contributed by atoms with Crippen molar-refractivity contribution < 1.29 is 14.0 Å². The van der Waals surface area contributed by atoms with E-state index in [4.69, 9.17) is 0 Å². The molecule has 1 saturated heterocycles. The number of likely N-dealkylation sites (tertiary alicyclic amines) is 1. The first-order valence-corrected chi connectivity index (χ1v) is 10.1. The van der Waals surface area contributed by atoms with Crippen LogP contribution in [0, 0.1) is 11.7 Å². The van der Waals surface area contributed by atoms with Gasteiger partial charge in [-0.3, -0.25) is 9.59 Å². The number of amides is 2. The molecule has 0 spiro atoms. The highest BCUT2D eigenvalue weighted by atomic mass is 19.1. The molecule has 2 atom stereocenters. The molecule has 5 heteroatoms. The Morgan fingerprint density at radius 3 is 2.13 bits per heavy atom. The summed E-state index contributed by atoms with van der Waals surface area (Å²) >= 11 is 0. The number of para-hydroxylation sites is 1. The topological polar surface area (TPSA) is 49.4 Å². The first kappa shape index (κ1) is 19.8. The van der Waals surface area contributed by atoms with Crippen molar-refractivity contribution in [3.8, 4) is 0 Å². The number of halogens is 1. The molecule has 2 amide bonds. The van der Waals surface area contributed by atoms with E-state index < -0.39 is 0 Å². The zero-order chi connectivity index (χ0) is 20.9. The first-order chi connectivity index (χ1) is 14.6. The predicted octanol–water partition coefficient (Wildman–Crippen LogP) is 4.71. The van der Waals surface area contributed by atoms with Gasteiger partial charge in [-0.2, -0.15) is 0 Å². The second-order valence-corrected chi connectivity index (χ2v) is 7.61. The summed E-state index contributed by atoms with van der Waals surface area (Å²) in [4.78, 5) is 27.8. The maximum atomic E-state index is 13.3. The third kappa shape index (κ3) is 4.57. The molecule has 1 aliphatic heterocycles. The van der Waals surface area contributed by atoms with Gasteiger partial charge in [0.1, 0.15) is 5.82 Å². The molecule has 4 rings (SSSR count). The number of benzene rings is 3. The van der Waals surface area contributed by atoms with Crippen molar-refractivity contribution in [3.63, 3.8) is 0 Å². The highest BCUT2D eigenvalue weighted by molar-refractivity contribution is 5.96. The van der Waals surface area contributed by atoms with Gasteiger partial charge in [0.25, 0.3) is 5.91 Å². The van der Waals surface area contributed by atoms with Crippen LogP contribution in [0.25, 0.3) is 0 Å². The molecule has 0 aliphatic carbocycles. The van der Waals surface area contributed by atoms with Crippen LogP contribution in [-0.4, -0.2) is 29.8 Å². The van der Waals surface area contributed by atoms with Crippen molar-refractivity contribution in [2.75, 3.05) is 18.4 Å². The summed E-state index contributed by atoms with van der Waals surface area (Å²) in [6.07, 6.45) is 0.663. The second-order valence-electron chi connectivity index (χ2n) is 7.61. The Morgan fingerprint density at radius 2 is 1.47 bits per heavy atom. The predicted molar refractivity (Wildman–Crippen MR) is 115 cm³/mol. The second kappa shape index (κ2) is 8.91. The Kier molecular flexibility index (Phi) is 5.89. The molecule has 0 bridgehead atoms. The summed E-state index contributed by atoms with van der Waals surface area (Å²) in [5, 5.41) is 2.96. The standard InChI is InChI=1S/C25H23FN2O2/c26-22-13-11-19(12-14-22)25(30)28-16-20(18-7-3-1-4-8-18)15-21(17-28)24(29)27-23-9-5-2-6-10-23/h1-14,20-21H,15-17H2,(H,27,29). The number of hydrogen-bond acceptors (Lipinski definition) is 2. The lowest BCUT2D eigenvalue weighted by Crippen LogP contribution is -2.46. The van der Waals surface area contributed by atoms with Crippen LogP contribution in [0.5, 0.6) is 0 Å². The van der Waals surface area contributed by atoms with Crippen molar-refractivity contribution in [3.05, 3.63) is 102 Å². The van der Waals surface area contributed by atoms with Gasteiger partial charge in [0.05, 0.1) is 5.92 Å². The number of carbonyl (C=O) groups is 2. The number of hydrogen-bond donors (Lipinski definition) is 1. The van der Waals surface area contributed by atoms with E-state index in [9.17, 15) is 14.0 Å². The molecule has 4 nitrogen and oxygen atoms in total. The fourth-order valence-electron chi connectivity index (χ4n) is 3.96. The van der Waals surface area contributed by atoms with Crippen LogP contribution in [0.2, 0.25) is 0 Å². The van der Waals surface area contributed by atoms with E-state index in [2.05, 4.69) is 5.32 Å². The molecule has 30 heavy (non-hydrogen) atoms. The van der Waals surface area contributed by atoms with Crippen LogP contribution in [0.4, 0.5) is 10.1 Å². The molecular formula is C25H23FN2O2. The van der Waals surface area contributed by atoms with Crippen LogP contribution in [0.1, 0.15) is 28.3 Å². The van der Waals surface area contributed by atoms with Gasteiger partial charge >= 0.3 is 0 Å². The minimum Gasteiger partial charge on any atom is -0.337 e. The van der Waals surface area contributed by atoms with Gasteiger partial charge in [0.15, 0.2) is 0 Å². The van der Waals surface area contributed by atoms with E-state index in [0.29, 0.717) is 25.1 Å². The van der Waals surface area contributed by atoms with Gasteiger partial charge in [0.2, 0.25) is 5.91 Å². The molecule has 0 saturated carbocycles. The molecule has 152 valence electrons. The zero-order valence-electron chi connectivity index (χ0n) is 16.5. The van der Waals surface area contributed by atoms with Crippen molar-refractivity contribution in [1.29, 1.82) is 0 Å². The molecule has 0 radical (unpaired) electrons. The summed E-state index contributed by atoms with van der Waals surface area (Å²) in [6.45, 7) is 0.855. The van der Waals surface area contributed by atoms with Gasteiger partial charge in [-0.25, -0.2) is 4.39 Å². The number of nitrogens with zero attached hydrogens (tertiary/aromatic N) is 1. The first-order valence-electron chi connectivity index (χ1n) is 10.1. The molecule has 1 N–H and O–H groups in total. The third-order valence-electron chi connectivity index (χ3n) is 5.51. The molecule has 1 aliphatic rings. The van der Waals surface area contributed by atoms with Gasteiger partial charge in [-0.15, -0.1) is 0 Å². The van der Waals surface area contributed by atoms with E-state index >= 15 is 0 Å². The monoisotopic (exact) mass is 402 g/mol. The maximum absolute atomic E-state index is 13.3. The largest absolute Gasteiger partial charge is 0.337 e. The fourth-order valence-corrected chi connectivity index (χ4v) is 3.96. The highest BCUT2D eigenvalue weighted by Gasteiger charge is 2.34. The summed E-state index contributed by atoms with van der Waals surface area (Å²) < 4.78 is 13.3. The van der Waals surface area contributed by atoms with E-state index in [0.717, 1.165) is 11.3 Å². The Hall–Kier alpha value is -3.47. The SMILES string of the molecule is O=C(Nc1ccccc1)C1CC(c2ccccc2)CN(C(=O)c2ccc(F)cc2)C1. The summed E-state index contributed by atoms with van der Waals surface area (Å²) in [5.74, 6) is -0.955. The van der Waals surface area contributed by atoms with Gasteiger partial charge in [-0.1, -0.05) is 48.5 Å². The average molecular weight is 402 g/mol. The Labute approximate surface area is 175 Å². The lowest BCUT2D eigenvalue weighted by molar-refractivity contribution is -0.121. The lowest BCUT2D eigenvalue weighted by Gasteiger charge is -2.37. The number of carbonyl (C=O) groups excluding carboxylic acids is 2. The van der Waals surface area contributed by atoms with E-state index in [-0.39, 0.29) is 29.5 Å². The zero-order valence-corrected chi connectivity index (χ0v) is 16.5. The molecule has 3 aromatic rings. The molecule has 0 aromatic heterocycles. The van der Waals surface area contributed by atoms with E-state index in [1.165, 1.54) is 24.3 Å². The van der Waals surface area contributed by atoms with Crippen LogP contribution < -0.4 is 5.32 Å². The van der Waals surface area contributed by atoms with Crippen LogP contribution in [0.15, 0.2) is 84.9 Å². The lowest BCUT2D eigenvalue weighted by atomic mass is 9.83. The molecule has 1 fully saturated rings. The number of anilines is 1. The van der Waals surface area contributed by atoms with E-state index in [1.54, 1.807) is 4.90 Å². The van der Waals surface area contributed by atoms with Gasteiger partial charge in [0, 0.05) is 30.3 Å². The third-order valence-corrected chi connectivity index (χ3v) is 5.51. The molecule has 3 aromatic carbocycles. The van der Waals surface area contributed by atoms with Crippen LogP contribution >= 0.6 is 0 Å². The Balaban J connectivity index is 1.57. The average Bonchev–Trinajstić information content (AvgIpc) is 2.80. The van der Waals surface area contributed by atoms with Gasteiger partial charge in [-0.05, 0) is 48.4 Å². The summed E-state index contributed by atoms with van der Waals surface area (Å²) in [7, 11) is 0. The van der Waals surface area contributed by atoms with Gasteiger partial charge < -0.3 is 10.2 Å². The molecule has 1 heterocycles. The van der Waals surface area contributed by atoms with Crippen LogP contribution in [-0.2, 0) is 4.79 Å². The highest BCUT2D eigenvalue weighted by Crippen LogP contribution is 2.32. The smallest absolute Gasteiger partial charge is 0.253 e. The van der Waals surface area contributed by atoms with Crippen molar-refractivity contribution in [2.24, 2.45) is 5.92 Å². The Bertz CT molecular complexity index is 1010. The number of rotatable bonds is 4. The summed E-state index contributed by atoms with van der Waals surface area (Å²) in [6, 6.07) is 24.8. The minimum absolute atomic E-state index is 0.0517. The van der Waals surface area contributed by atoms with E-state index in [1.807, 2.05) is 60.7 Å². The number of nitrogens with one attached hydrogen (secondary N) is 1.